The lowest BCUT2D eigenvalue weighted by Crippen LogP contribution is -2.37. The van der Waals surface area contributed by atoms with Crippen LogP contribution in [0, 0.1) is 23.2 Å². The van der Waals surface area contributed by atoms with Crippen LogP contribution in [0.1, 0.15) is 72.6 Å². The molecule has 0 radical (unpaired) electrons. The maximum Gasteiger partial charge on any atom is 0.0755 e. The predicted octanol–water partition coefficient (Wildman–Crippen LogP) is 4.95. The summed E-state index contributed by atoms with van der Waals surface area (Å²) < 4.78 is 0. The van der Waals surface area contributed by atoms with Crippen LogP contribution in [0.5, 0.6) is 0 Å². The Morgan fingerprint density at radius 2 is 2.05 bits per heavy atom. The van der Waals surface area contributed by atoms with E-state index in [4.69, 9.17) is 0 Å². The van der Waals surface area contributed by atoms with Gasteiger partial charge in [-0.15, -0.1) is 0 Å². The summed E-state index contributed by atoms with van der Waals surface area (Å²) in [5, 5.41) is 10.2. The molecule has 2 aliphatic rings. The van der Waals surface area contributed by atoms with E-state index in [2.05, 4.69) is 33.8 Å². The Morgan fingerprint density at radius 3 is 2.74 bits per heavy atom. The van der Waals surface area contributed by atoms with Gasteiger partial charge >= 0.3 is 0 Å². The van der Waals surface area contributed by atoms with Gasteiger partial charge in [-0.2, -0.15) is 0 Å². The Hall–Kier alpha value is -0.300. The minimum atomic E-state index is -0.147. The van der Waals surface area contributed by atoms with Crippen molar-refractivity contribution in [3.8, 4) is 0 Å². The van der Waals surface area contributed by atoms with Crippen molar-refractivity contribution in [1.82, 2.24) is 0 Å². The number of hydrogen-bond acceptors (Lipinski definition) is 1. The molecular weight excluding hydrogens is 232 g/mol. The third-order valence-corrected chi connectivity index (χ3v) is 5.73. The maximum atomic E-state index is 10.2. The van der Waals surface area contributed by atoms with E-state index in [-0.39, 0.29) is 6.10 Å². The van der Waals surface area contributed by atoms with E-state index in [1.165, 1.54) is 44.1 Å². The van der Waals surface area contributed by atoms with Gasteiger partial charge in [-0.1, -0.05) is 53.0 Å². The molecule has 0 heterocycles. The summed E-state index contributed by atoms with van der Waals surface area (Å²) in [5.41, 5.74) is 1.68. The normalized spacial score (nSPS) is 36.2. The lowest BCUT2D eigenvalue weighted by atomic mass is 9.63. The Bertz CT molecular complexity index is 331. The summed E-state index contributed by atoms with van der Waals surface area (Å²) in [6.45, 7) is 9.49. The molecule has 0 aromatic carbocycles. The highest BCUT2D eigenvalue weighted by Crippen LogP contribution is 2.55. The topological polar surface area (TPSA) is 20.2 Å². The lowest BCUT2D eigenvalue weighted by Gasteiger charge is -2.43. The zero-order chi connectivity index (χ0) is 14.0. The Balaban J connectivity index is 1.95. The fourth-order valence-electron chi connectivity index (χ4n) is 4.54. The zero-order valence-electron chi connectivity index (χ0n) is 13.3. The van der Waals surface area contributed by atoms with Crippen molar-refractivity contribution in [2.24, 2.45) is 23.2 Å². The molecule has 1 fully saturated rings. The van der Waals surface area contributed by atoms with Crippen molar-refractivity contribution >= 4 is 0 Å². The van der Waals surface area contributed by atoms with Crippen LogP contribution in [-0.2, 0) is 0 Å². The van der Waals surface area contributed by atoms with Crippen LogP contribution in [0.25, 0.3) is 0 Å². The molecule has 0 bridgehead atoms. The molecule has 1 N–H and O–H groups in total. The monoisotopic (exact) mass is 264 g/mol. The average Bonchev–Trinajstić information content (AvgIpc) is 2.67. The first kappa shape index (κ1) is 15.1. The number of aliphatic hydroxyl groups is 1. The molecule has 0 spiro atoms. The minimum Gasteiger partial charge on any atom is -0.389 e. The molecule has 19 heavy (non-hydrogen) atoms. The van der Waals surface area contributed by atoms with E-state index >= 15 is 0 Å². The van der Waals surface area contributed by atoms with E-state index < -0.39 is 0 Å². The van der Waals surface area contributed by atoms with Crippen molar-refractivity contribution in [3.05, 3.63) is 11.6 Å². The second-order valence-corrected chi connectivity index (χ2v) is 7.63. The smallest absolute Gasteiger partial charge is 0.0755 e. The highest BCUT2D eigenvalue weighted by atomic mass is 16.3. The summed E-state index contributed by atoms with van der Waals surface area (Å²) in [6, 6.07) is 0. The van der Waals surface area contributed by atoms with Gasteiger partial charge in [0.05, 0.1) is 6.10 Å². The summed E-state index contributed by atoms with van der Waals surface area (Å²) in [7, 11) is 0. The van der Waals surface area contributed by atoms with Crippen molar-refractivity contribution < 1.29 is 5.11 Å². The van der Waals surface area contributed by atoms with Gasteiger partial charge in [-0.25, -0.2) is 0 Å². The fraction of sp³-hybridized carbons (Fsp3) is 0.889. The van der Waals surface area contributed by atoms with Crippen LogP contribution in [0.3, 0.4) is 0 Å². The fourth-order valence-corrected chi connectivity index (χ4v) is 4.54. The first-order valence-electron chi connectivity index (χ1n) is 8.33. The lowest BCUT2D eigenvalue weighted by molar-refractivity contribution is 0.0809. The van der Waals surface area contributed by atoms with Gasteiger partial charge in [0.1, 0.15) is 0 Å². The maximum absolute atomic E-state index is 10.2. The predicted molar refractivity (Wildman–Crippen MR) is 82.0 cm³/mol. The number of fused-ring (bicyclic) bond motifs is 1. The number of rotatable bonds is 5. The van der Waals surface area contributed by atoms with Gasteiger partial charge in [0.15, 0.2) is 0 Å². The molecule has 1 nitrogen and oxygen atoms in total. The summed E-state index contributed by atoms with van der Waals surface area (Å²) in [4.78, 5) is 0. The number of hydrogen-bond donors (Lipinski definition) is 1. The van der Waals surface area contributed by atoms with E-state index in [0.717, 1.165) is 24.2 Å². The van der Waals surface area contributed by atoms with E-state index in [1.807, 2.05) is 0 Å². The van der Waals surface area contributed by atoms with Crippen LogP contribution in [0.2, 0.25) is 0 Å². The first-order chi connectivity index (χ1) is 8.95. The number of allylic oxidation sites excluding steroid dienone is 1. The number of aliphatic hydroxyl groups excluding tert-OH is 1. The minimum absolute atomic E-state index is 0.147. The molecule has 0 aromatic heterocycles. The Morgan fingerprint density at radius 1 is 1.32 bits per heavy atom. The molecule has 0 unspecified atom stereocenters. The first-order valence-corrected chi connectivity index (χ1v) is 8.33. The van der Waals surface area contributed by atoms with Gasteiger partial charge in [0.25, 0.3) is 0 Å². The average molecular weight is 264 g/mol. The standard InChI is InChI=1S/C18H32O/c1-13(2)7-5-8-14(3)15-10-11-16-17(19)9-6-12-18(15,16)4/h11,13-15,17,19H,5-10,12H2,1-4H3/t14-,15-,17-,18-/m1/s1. The zero-order valence-corrected chi connectivity index (χ0v) is 13.3. The molecule has 0 amide bonds. The summed E-state index contributed by atoms with van der Waals surface area (Å²) >= 11 is 0. The molecule has 110 valence electrons. The molecular formula is C18H32O. The SMILES string of the molecule is CC(C)CCC[C@@H](C)[C@H]1CC=C2[C@H](O)CCC[C@@]21C. The van der Waals surface area contributed by atoms with E-state index in [9.17, 15) is 5.11 Å². The quantitative estimate of drug-likeness (QED) is 0.697. The molecule has 0 saturated heterocycles. The third kappa shape index (κ3) is 3.07. The highest BCUT2D eigenvalue weighted by molar-refractivity contribution is 5.27. The largest absolute Gasteiger partial charge is 0.389 e. The van der Waals surface area contributed by atoms with Gasteiger partial charge in [-0.3, -0.25) is 0 Å². The van der Waals surface area contributed by atoms with E-state index in [0.29, 0.717) is 5.41 Å². The van der Waals surface area contributed by atoms with Crippen molar-refractivity contribution in [2.45, 2.75) is 78.7 Å². The van der Waals surface area contributed by atoms with Crippen molar-refractivity contribution in [1.29, 1.82) is 0 Å². The van der Waals surface area contributed by atoms with Gasteiger partial charge in [-0.05, 0) is 54.4 Å². The highest BCUT2D eigenvalue weighted by Gasteiger charge is 2.47. The van der Waals surface area contributed by atoms with Crippen molar-refractivity contribution in [2.75, 3.05) is 0 Å². The molecule has 0 aromatic rings. The van der Waals surface area contributed by atoms with E-state index in [1.54, 1.807) is 0 Å². The van der Waals surface area contributed by atoms with Gasteiger partial charge in [0, 0.05) is 0 Å². The molecule has 2 rings (SSSR count). The second kappa shape index (κ2) is 5.99. The van der Waals surface area contributed by atoms with Crippen LogP contribution < -0.4 is 0 Å². The molecule has 1 saturated carbocycles. The van der Waals surface area contributed by atoms with Crippen LogP contribution >= 0.6 is 0 Å². The third-order valence-electron chi connectivity index (χ3n) is 5.73. The molecule has 0 aliphatic heterocycles. The van der Waals surface area contributed by atoms with Crippen molar-refractivity contribution in [3.63, 3.8) is 0 Å². The summed E-state index contributed by atoms with van der Waals surface area (Å²) in [6.07, 6.45) is 11.0. The van der Waals surface area contributed by atoms with Gasteiger partial charge in [0.2, 0.25) is 0 Å². The Labute approximate surface area is 119 Å². The molecule has 2 aliphatic carbocycles. The van der Waals surface area contributed by atoms with Crippen LogP contribution in [0.4, 0.5) is 0 Å². The second-order valence-electron chi connectivity index (χ2n) is 7.63. The Kier molecular flexibility index (Phi) is 4.76. The molecule has 4 atom stereocenters. The summed E-state index contributed by atoms with van der Waals surface area (Å²) in [5.74, 6) is 2.39. The van der Waals surface area contributed by atoms with Crippen LogP contribution in [0.15, 0.2) is 11.6 Å². The van der Waals surface area contributed by atoms with Crippen LogP contribution in [-0.4, -0.2) is 11.2 Å². The van der Waals surface area contributed by atoms with Gasteiger partial charge < -0.3 is 5.11 Å². The molecule has 1 heteroatoms.